The van der Waals surface area contributed by atoms with Crippen molar-refractivity contribution in [1.82, 2.24) is 14.3 Å². The normalized spacial score (nSPS) is 15.0. The zero-order valence-corrected chi connectivity index (χ0v) is 17.4. The lowest BCUT2D eigenvalue weighted by atomic mass is 10.1. The number of hydrogen-bond acceptors (Lipinski definition) is 6. The van der Waals surface area contributed by atoms with Crippen LogP contribution >= 0.6 is 23.1 Å². The molecule has 0 unspecified atom stereocenters. The molecule has 0 atom stereocenters. The van der Waals surface area contributed by atoms with Crippen LogP contribution in [0.5, 0.6) is 5.75 Å². The van der Waals surface area contributed by atoms with Gasteiger partial charge in [-0.05, 0) is 36.2 Å². The highest BCUT2D eigenvalue weighted by atomic mass is 35.5. The quantitative estimate of drug-likeness (QED) is 0.603. The third-order valence-electron chi connectivity index (χ3n) is 5.02. The van der Waals surface area contributed by atoms with Crippen LogP contribution in [0.3, 0.4) is 0 Å². The largest absolute Gasteiger partial charge is 0.497 e. The van der Waals surface area contributed by atoms with Gasteiger partial charge in [0.05, 0.1) is 12.1 Å². The van der Waals surface area contributed by atoms with Crippen molar-refractivity contribution in [1.29, 1.82) is 0 Å². The molecule has 0 N–H and O–H groups in total. The molecule has 2 heterocycles. The van der Waals surface area contributed by atoms with Crippen molar-refractivity contribution in [2.45, 2.75) is 6.42 Å². The molecule has 2 aromatic carbocycles. The second-order valence-electron chi connectivity index (χ2n) is 6.81. The van der Waals surface area contributed by atoms with Crippen molar-refractivity contribution < 1.29 is 4.74 Å². The van der Waals surface area contributed by atoms with E-state index >= 15 is 0 Å². The number of rotatable bonds is 6. The Morgan fingerprint density at radius 2 is 1.89 bits per heavy atom. The molecule has 0 bridgehead atoms. The lowest BCUT2D eigenvalue weighted by Crippen LogP contribution is -2.47. The number of aromatic nitrogens is 2. The number of anilines is 1. The summed E-state index contributed by atoms with van der Waals surface area (Å²) in [5.41, 5.74) is 2.21. The Morgan fingerprint density at radius 1 is 1.07 bits per heavy atom. The van der Waals surface area contributed by atoms with Gasteiger partial charge in [-0.2, -0.15) is 9.36 Å². The van der Waals surface area contributed by atoms with E-state index in [4.69, 9.17) is 21.3 Å². The highest BCUT2D eigenvalue weighted by Crippen LogP contribution is 2.29. The maximum atomic E-state index is 6.27. The van der Waals surface area contributed by atoms with Gasteiger partial charge < -0.3 is 9.64 Å². The second-order valence-corrected chi connectivity index (χ2v) is 7.95. The standard InChI is InChI=1S/C21H23ClN4OS/c1-27-17-6-4-5-16(15-17)9-10-25-11-13-26(14-12-25)21-23-20(24-28-21)18-7-2-3-8-19(18)22/h2-8,15H,9-14H2,1H3. The first-order valence-electron chi connectivity index (χ1n) is 9.42. The SMILES string of the molecule is COc1cccc(CCN2CCN(c3nc(-c4ccccc4Cl)ns3)CC2)c1. The number of methoxy groups -OCH3 is 1. The third kappa shape index (κ3) is 4.46. The molecule has 0 saturated carbocycles. The molecule has 0 amide bonds. The van der Waals surface area contributed by atoms with Crippen molar-refractivity contribution in [3.63, 3.8) is 0 Å². The molecule has 1 saturated heterocycles. The van der Waals surface area contributed by atoms with E-state index in [2.05, 4.69) is 32.4 Å². The average molecular weight is 415 g/mol. The molecule has 0 radical (unpaired) electrons. The minimum absolute atomic E-state index is 0.689. The van der Waals surface area contributed by atoms with E-state index in [-0.39, 0.29) is 0 Å². The molecule has 28 heavy (non-hydrogen) atoms. The van der Waals surface area contributed by atoms with Gasteiger partial charge in [0.1, 0.15) is 5.75 Å². The van der Waals surface area contributed by atoms with Crippen LogP contribution in [0, 0.1) is 0 Å². The molecular formula is C21H23ClN4OS. The van der Waals surface area contributed by atoms with Crippen molar-refractivity contribution in [2.24, 2.45) is 0 Å². The van der Waals surface area contributed by atoms with E-state index in [1.807, 2.05) is 30.3 Å². The summed E-state index contributed by atoms with van der Waals surface area (Å²) in [6.45, 7) is 5.06. The Bertz CT molecular complexity index is 924. The summed E-state index contributed by atoms with van der Waals surface area (Å²) >= 11 is 7.72. The van der Waals surface area contributed by atoms with Gasteiger partial charge in [-0.15, -0.1) is 0 Å². The summed E-state index contributed by atoms with van der Waals surface area (Å²) in [4.78, 5) is 9.54. The molecule has 7 heteroatoms. The van der Waals surface area contributed by atoms with Crippen molar-refractivity contribution in [2.75, 3.05) is 44.7 Å². The Hall–Kier alpha value is -2.15. The van der Waals surface area contributed by atoms with Crippen molar-refractivity contribution in [3.05, 3.63) is 59.1 Å². The number of halogens is 1. The van der Waals surface area contributed by atoms with E-state index in [0.29, 0.717) is 10.8 Å². The van der Waals surface area contributed by atoms with Gasteiger partial charge in [0.15, 0.2) is 5.82 Å². The summed E-state index contributed by atoms with van der Waals surface area (Å²) in [6, 6.07) is 16.0. The summed E-state index contributed by atoms with van der Waals surface area (Å²) < 4.78 is 9.82. The average Bonchev–Trinajstić information content (AvgIpc) is 3.23. The Morgan fingerprint density at radius 3 is 2.68 bits per heavy atom. The molecular weight excluding hydrogens is 392 g/mol. The van der Waals surface area contributed by atoms with Crippen LogP contribution in [0.2, 0.25) is 5.02 Å². The molecule has 1 fully saturated rings. The van der Waals surface area contributed by atoms with Gasteiger partial charge in [-0.25, -0.2) is 0 Å². The number of ether oxygens (including phenoxy) is 1. The number of nitrogens with zero attached hydrogens (tertiary/aromatic N) is 4. The Kier molecular flexibility index (Phi) is 6.10. The molecule has 0 spiro atoms. The Labute approximate surface area is 174 Å². The number of benzene rings is 2. The summed E-state index contributed by atoms with van der Waals surface area (Å²) in [7, 11) is 1.71. The van der Waals surface area contributed by atoms with Crippen LogP contribution in [0.15, 0.2) is 48.5 Å². The third-order valence-corrected chi connectivity index (χ3v) is 6.13. The fourth-order valence-electron chi connectivity index (χ4n) is 3.37. The zero-order valence-electron chi connectivity index (χ0n) is 15.8. The number of piperazine rings is 1. The van der Waals surface area contributed by atoms with E-state index < -0.39 is 0 Å². The first-order chi connectivity index (χ1) is 13.7. The van der Waals surface area contributed by atoms with Gasteiger partial charge in [0.25, 0.3) is 0 Å². The van der Waals surface area contributed by atoms with Crippen LogP contribution in [-0.4, -0.2) is 54.1 Å². The van der Waals surface area contributed by atoms with Gasteiger partial charge >= 0.3 is 0 Å². The molecule has 1 aromatic heterocycles. The van der Waals surface area contributed by atoms with Crippen molar-refractivity contribution in [3.8, 4) is 17.1 Å². The second kappa shape index (κ2) is 8.90. The highest BCUT2D eigenvalue weighted by Gasteiger charge is 2.20. The highest BCUT2D eigenvalue weighted by molar-refractivity contribution is 7.09. The first-order valence-corrected chi connectivity index (χ1v) is 10.6. The molecule has 5 nitrogen and oxygen atoms in total. The van der Waals surface area contributed by atoms with Crippen LogP contribution in [0.1, 0.15) is 5.56 Å². The van der Waals surface area contributed by atoms with Gasteiger partial charge in [-0.3, -0.25) is 4.90 Å². The lowest BCUT2D eigenvalue weighted by molar-refractivity contribution is 0.261. The van der Waals surface area contributed by atoms with Gasteiger partial charge in [0, 0.05) is 49.8 Å². The summed E-state index contributed by atoms with van der Waals surface area (Å²) in [5, 5.41) is 1.66. The van der Waals surface area contributed by atoms with Crippen LogP contribution in [-0.2, 0) is 6.42 Å². The maximum absolute atomic E-state index is 6.27. The fourth-order valence-corrected chi connectivity index (χ4v) is 4.33. The molecule has 4 rings (SSSR count). The van der Waals surface area contributed by atoms with Gasteiger partial charge in [-0.1, -0.05) is 35.9 Å². The molecule has 146 valence electrons. The summed E-state index contributed by atoms with van der Waals surface area (Å²) in [6.07, 6.45) is 1.03. The smallest absolute Gasteiger partial charge is 0.205 e. The maximum Gasteiger partial charge on any atom is 0.205 e. The fraction of sp³-hybridized carbons (Fsp3) is 0.333. The van der Waals surface area contributed by atoms with Gasteiger partial charge in [0.2, 0.25) is 5.13 Å². The molecule has 1 aliphatic rings. The monoisotopic (exact) mass is 414 g/mol. The minimum atomic E-state index is 0.689. The molecule has 0 aliphatic carbocycles. The predicted molar refractivity (Wildman–Crippen MR) is 116 cm³/mol. The van der Waals surface area contributed by atoms with Crippen LogP contribution in [0.4, 0.5) is 5.13 Å². The topological polar surface area (TPSA) is 41.5 Å². The first kappa shape index (κ1) is 19.2. The van der Waals surface area contributed by atoms with E-state index in [9.17, 15) is 0 Å². The number of hydrogen-bond donors (Lipinski definition) is 0. The molecule has 1 aliphatic heterocycles. The van der Waals surface area contributed by atoms with E-state index in [1.165, 1.54) is 17.1 Å². The zero-order chi connectivity index (χ0) is 19.3. The lowest BCUT2D eigenvalue weighted by Gasteiger charge is -2.34. The predicted octanol–water partition coefficient (Wildman–Crippen LogP) is 4.23. The van der Waals surface area contributed by atoms with Crippen molar-refractivity contribution >= 4 is 28.3 Å². The Balaban J connectivity index is 1.31. The van der Waals surface area contributed by atoms with E-state index in [0.717, 1.165) is 55.6 Å². The molecule has 3 aromatic rings. The van der Waals surface area contributed by atoms with Crippen LogP contribution in [0.25, 0.3) is 11.4 Å². The van der Waals surface area contributed by atoms with Crippen LogP contribution < -0.4 is 9.64 Å². The minimum Gasteiger partial charge on any atom is -0.497 e. The van der Waals surface area contributed by atoms with E-state index in [1.54, 1.807) is 7.11 Å². The summed E-state index contributed by atoms with van der Waals surface area (Å²) in [5.74, 6) is 1.64.